The summed E-state index contributed by atoms with van der Waals surface area (Å²) in [4.78, 5) is 20.8. The summed E-state index contributed by atoms with van der Waals surface area (Å²) in [5.74, 6) is 0.811. The van der Waals surface area contributed by atoms with Gasteiger partial charge in [0.05, 0.1) is 12.3 Å². The van der Waals surface area contributed by atoms with Gasteiger partial charge < -0.3 is 14.4 Å². The number of carbonyl (C=O) groups is 1. The number of hydrogen-bond donors (Lipinski definition) is 2. The van der Waals surface area contributed by atoms with Gasteiger partial charge >= 0.3 is 5.97 Å². The van der Waals surface area contributed by atoms with Gasteiger partial charge in [0.1, 0.15) is 5.75 Å². The lowest BCUT2D eigenvalue weighted by Crippen LogP contribution is -2.13. The van der Waals surface area contributed by atoms with E-state index in [-0.39, 0.29) is 13.0 Å². The first-order valence-corrected chi connectivity index (χ1v) is 11.6. The fourth-order valence-corrected chi connectivity index (χ4v) is 3.37. The fourth-order valence-electron chi connectivity index (χ4n) is 3.37. The van der Waals surface area contributed by atoms with Crippen LogP contribution in [0.1, 0.15) is 36.2 Å². The molecule has 0 radical (unpaired) electrons. The van der Waals surface area contributed by atoms with E-state index in [1.54, 1.807) is 0 Å². The van der Waals surface area contributed by atoms with Crippen LogP contribution in [-0.4, -0.2) is 21.2 Å². The smallest absolute Gasteiger partial charge is 0.303 e. The van der Waals surface area contributed by atoms with E-state index in [2.05, 4.69) is 15.6 Å². The molecule has 0 atom stereocenters. The van der Waals surface area contributed by atoms with E-state index >= 15 is 0 Å². The number of unbranched alkanes of at least 4 members (excludes halogenated alkanes) is 1. The van der Waals surface area contributed by atoms with Crippen LogP contribution in [0.15, 0.2) is 95.5 Å². The third-order valence-electron chi connectivity index (χ3n) is 5.23. The van der Waals surface area contributed by atoms with Gasteiger partial charge in [-0.3, -0.25) is 15.1 Å². The summed E-state index contributed by atoms with van der Waals surface area (Å²) in [6.07, 6.45) is 3.28. The molecule has 36 heavy (non-hydrogen) atoms. The summed E-state index contributed by atoms with van der Waals surface area (Å²) >= 11 is 0. The molecule has 4 rings (SSSR count). The van der Waals surface area contributed by atoms with Crippen LogP contribution in [0.5, 0.6) is 5.75 Å². The number of allylic oxidation sites excluding steroid dienone is 1. The largest absolute Gasteiger partial charge is 0.485 e. The number of nitrogens with zero attached hydrogens (tertiary/aromatic N) is 2. The number of ether oxygens (including phenoxy) is 1. The number of hydrogen-bond acceptors (Lipinski definition) is 7. The Kier molecular flexibility index (Phi) is 8.83. The van der Waals surface area contributed by atoms with Crippen molar-refractivity contribution in [3.63, 3.8) is 0 Å². The number of aliphatic carboxylic acids is 1. The molecule has 0 saturated carbocycles. The van der Waals surface area contributed by atoms with E-state index in [0.29, 0.717) is 36.9 Å². The van der Waals surface area contributed by atoms with Crippen LogP contribution >= 0.6 is 0 Å². The molecule has 0 aliphatic rings. The maximum Gasteiger partial charge on any atom is 0.303 e. The fraction of sp³-hybridized carbons (Fsp3) is 0.179. The Morgan fingerprint density at radius 2 is 1.67 bits per heavy atom. The van der Waals surface area contributed by atoms with E-state index in [0.717, 1.165) is 22.4 Å². The van der Waals surface area contributed by atoms with Gasteiger partial charge in [-0.15, -0.1) is 0 Å². The molecule has 0 fully saturated rings. The molecule has 0 unspecified atom stereocenters. The van der Waals surface area contributed by atoms with Crippen molar-refractivity contribution in [3.05, 3.63) is 108 Å². The molecule has 4 aromatic rings. The normalized spacial score (nSPS) is 11.3. The van der Waals surface area contributed by atoms with Crippen LogP contribution < -0.4 is 10.2 Å². The SMILES string of the molecule is O=C(O)CCCC=C(NOCc1ccc(OCc2noc(-c3ccccc3)n2)cc1)c1ccccc1. The highest BCUT2D eigenvalue weighted by atomic mass is 16.6. The van der Waals surface area contributed by atoms with E-state index < -0.39 is 5.97 Å². The van der Waals surface area contributed by atoms with Crippen molar-refractivity contribution in [2.75, 3.05) is 0 Å². The first-order valence-electron chi connectivity index (χ1n) is 11.6. The van der Waals surface area contributed by atoms with Gasteiger partial charge in [-0.25, -0.2) is 0 Å². The number of carboxylic acids is 1. The van der Waals surface area contributed by atoms with Crippen LogP contribution in [0.2, 0.25) is 0 Å². The lowest BCUT2D eigenvalue weighted by Gasteiger charge is -2.12. The highest BCUT2D eigenvalue weighted by Gasteiger charge is 2.09. The highest BCUT2D eigenvalue weighted by molar-refractivity contribution is 5.67. The predicted molar refractivity (Wildman–Crippen MR) is 134 cm³/mol. The van der Waals surface area contributed by atoms with Gasteiger partial charge in [0.25, 0.3) is 5.89 Å². The molecular formula is C28H27N3O5. The van der Waals surface area contributed by atoms with Gasteiger partial charge in [-0.1, -0.05) is 71.9 Å². The number of benzene rings is 3. The second-order valence-electron chi connectivity index (χ2n) is 7.97. The highest BCUT2D eigenvalue weighted by Crippen LogP contribution is 2.19. The van der Waals surface area contributed by atoms with E-state index in [1.807, 2.05) is 91.0 Å². The molecule has 0 spiro atoms. The Balaban J connectivity index is 1.26. The molecule has 3 aromatic carbocycles. The van der Waals surface area contributed by atoms with Crippen molar-refractivity contribution in [2.24, 2.45) is 0 Å². The molecule has 0 aliphatic heterocycles. The van der Waals surface area contributed by atoms with Crippen LogP contribution in [-0.2, 0) is 22.8 Å². The number of nitrogens with one attached hydrogen (secondary N) is 1. The van der Waals surface area contributed by atoms with Crippen molar-refractivity contribution in [2.45, 2.75) is 32.5 Å². The zero-order chi connectivity index (χ0) is 25.0. The second-order valence-corrected chi connectivity index (χ2v) is 7.97. The molecule has 2 N–H and O–H groups in total. The van der Waals surface area contributed by atoms with Crippen LogP contribution in [0, 0.1) is 0 Å². The van der Waals surface area contributed by atoms with Crippen molar-refractivity contribution >= 4 is 11.7 Å². The lowest BCUT2D eigenvalue weighted by atomic mass is 10.1. The van der Waals surface area contributed by atoms with Gasteiger partial charge in [0.2, 0.25) is 5.82 Å². The average Bonchev–Trinajstić information content (AvgIpc) is 3.40. The Morgan fingerprint density at radius 1 is 0.944 bits per heavy atom. The molecule has 0 aliphatic carbocycles. The van der Waals surface area contributed by atoms with Crippen molar-refractivity contribution in [1.82, 2.24) is 15.6 Å². The Morgan fingerprint density at radius 3 is 2.39 bits per heavy atom. The van der Waals surface area contributed by atoms with E-state index in [1.165, 1.54) is 0 Å². The van der Waals surface area contributed by atoms with Gasteiger partial charge in [-0.2, -0.15) is 4.98 Å². The number of carboxylic acid groups (broad SMARTS) is 1. The molecule has 8 heteroatoms. The molecule has 0 amide bonds. The Labute approximate surface area is 209 Å². The van der Waals surface area contributed by atoms with Crippen molar-refractivity contribution < 1.29 is 24.0 Å². The standard InChI is InChI=1S/C28H27N3O5/c32-27(33)14-8-7-13-25(22-9-3-1-4-10-22)30-35-19-21-15-17-24(18-16-21)34-20-26-29-28(36-31-26)23-11-5-2-6-12-23/h1-6,9-13,15-18,30H,7-8,14,19-20H2,(H,32,33). The Bertz CT molecular complexity index is 1260. The summed E-state index contributed by atoms with van der Waals surface area (Å²) in [7, 11) is 0. The summed E-state index contributed by atoms with van der Waals surface area (Å²) in [5, 5.41) is 12.8. The molecule has 184 valence electrons. The molecule has 0 bridgehead atoms. The average molecular weight is 486 g/mol. The topological polar surface area (TPSA) is 107 Å². The molecule has 1 aromatic heterocycles. The molecule has 1 heterocycles. The maximum atomic E-state index is 10.8. The van der Waals surface area contributed by atoms with Crippen molar-refractivity contribution in [3.8, 4) is 17.2 Å². The van der Waals surface area contributed by atoms with Gasteiger partial charge in [-0.05, 0) is 48.2 Å². The third-order valence-corrected chi connectivity index (χ3v) is 5.23. The summed E-state index contributed by atoms with van der Waals surface area (Å²) < 4.78 is 11.1. The zero-order valence-corrected chi connectivity index (χ0v) is 19.7. The Hall–Kier alpha value is -4.43. The maximum absolute atomic E-state index is 10.8. The minimum Gasteiger partial charge on any atom is -0.485 e. The van der Waals surface area contributed by atoms with Gasteiger partial charge in [0, 0.05) is 12.0 Å². The van der Waals surface area contributed by atoms with Crippen LogP contribution in [0.4, 0.5) is 0 Å². The number of hydroxylamine groups is 1. The van der Waals surface area contributed by atoms with E-state index in [9.17, 15) is 4.79 Å². The van der Waals surface area contributed by atoms with Gasteiger partial charge in [0.15, 0.2) is 6.61 Å². The molecular weight excluding hydrogens is 458 g/mol. The summed E-state index contributed by atoms with van der Waals surface area (Å²) in [5.41, 5.74) is 6.59. The molecule has 8 nitrogen and oxygen atoms in total. The lowest BCUT2D eigenvalue weighted by molar-refractivity contribution is -0.137. The number of aromatic nitrogens is 2. The van der Waals surface area contributed by atoms with Crippen LogP contribution in [0.25, 0.3) is 17.2 Å². The first-order chi connectivity index (χ1) is 17.7. The third kappa shape index (κ3) is 7.54. The van der Waals surface area contributed by atoms with Crippen molar-refractivity contribution in [1.29, 1.82) is 0 Å². The monoisotopic (exact) mass is 485 g/mol. The minimum atomic E-state index is -0.796. The summed E-state index contributed by atoms with van der Waals surface area (Å²) in [6, 6.07) is 26.9. The second kappa shape index (κ2) is 12.9. The quantitative estimate of drug-likeness (QED) is 0.185. The zero-order valence-electron chi connectivity index (χ0n) is 19.7. The molecule has 0 saturated heterocycles. The number of rotatable bonds is 13. The van der Waals surface area contributed by atoms with E-state index in [4.69, 9.17) is 19.2 Å². The minimum absolute atomic E-state index is 0.134. The van der Waals surface area contributed by atoms with Crippen LogP contribution in [0.3, 0.4) is 0 Å². The predicted octanol–water partition coefficient (Wildman–Crippen LogP) is 5.63. The first kappa shape index (κ1) is 24.7. The summed E-state index contributed by atoms with van der Waals surface area (Å²) in [6.45, 7) is 0.533.